The number of rotatable bonds is 12. The molecular formula is C27H38FN3O4S. The highest BCUT2D eigenvalue weighted by atomic mass is 32.2. The van der Waals surface area contributed by atoms with Crippen molar-refractivity contribution in [3.05, 3.63) is 65.0 Å². The average molecular weight is 520 g/mol. The lowest BCUT2D eigenvalue weighted by molar-refractivity contribution is -0.140. The molecule has 0 unspecified atom stereocenters. The molecule has 0 spiro atoms. The Balaban J connectivity index is 2.18. The summed E-state index contributed by atoms with van der Waals surface area (Å²) >= 11 is 0. The predicted octanol–water partition coefficient (Wildman–Crippen LogP) is 4.32. The highest BCUT2D eigenvalue weighted by Gasteiger charge is 2.27. The van der Waals surface area contributed by atoms with E-state index in [0.717, 1.165) is 23.8 Å². The summed E-state index contributed by atoms with van der Waals surface area (Å²) in [5.41, 5.74) is 3.28. The van der Waals surface area contributed by atoms with Crippen LogP contribution in [-0.4, -0.2) is 50.0 Å². The van der Waals surface area contributed by atoms with Crippen LogP contribution in [0.15, 0.2) is 42.5 Å². The van der Waals surface area contributed by atoms with Gasteiger partial charge in [0.05, 0.1) is 11.9 Å². The predicted molar refractivity (Wildman–Crippen MR) is 142 cm³/mol. The number of nitrogens with zero attached hydrogens (tertiary/aromatic N) is 2. The smallest absolute Gasteiger partial charge is 0.242 e. The Morgan fingerprint density at radius 3 is 2.22 bits per heavy atom. The van der Waals surface area contributed by atoms with Crippen molar-refractivity contribution in [2.75, 3.05) is 17.1 Å². The molecule has 0 radical (unpaired) electrons. The number of halogens is 1. The molecule has 0 saturated heterocycles. The van der Waals surface area contributed by atoms with Gasteiger partial charge < -0.3 is 10.2 Å². The van der Waals surface area contributed by atoms with Crippen LogP contribution in [-0.2, 0) is 26.2 Å². The minimum absolute atomic E-state index is 0.0380. The molecular weight excluding hydrogens is 481 g/mol. The molecule has 2 rings (SSSR count). The molecule has 0 aromatic heterocycles. The maximum Gasteiger partial charge on any atom is 0.242 e. The SMILES string of the molecule is CC[C@@H](C)NC(=O)[C@H](C)N(Cc1ccc(F)cc1)C(=O)CCCN(c1ccc(C)c(C)c1)S(C)(=O)=O. The van der Waals surface area contributed by atoms with E-state index < -0.39 is 16.1 Å². The molecule has 0 aliphatic carbocycles. The van der Waals surface area contributed by atoms with Crippen molar-refractivity contribution >= 4 is 27.5 Å². The van der Waals surface area contributed by atoms with Crippen LogP contribution in [0.2, 0.25) is 0 Å². The number of carbonyl (C=O) groups excluding carboxylic acids is 2. The maximum atomic E-state index is 13.4. The monoisotopic (exact) mass is 519 g/mol. The van der Waals surface area contributed by atoms with Gasteiger partial charge in [0.2, 0.25) is 21.8 Å². The molecule has 2 atom stereocenters. The third-order valence-corrected chi connectivity index (χ3v) is 7.56. The second-order valence-electron chi connectivity index (χ2n) is 9.35. The van der Waals surface area contributed by atoms with Crippen molar-refractivity contribution < 1.29 is 22.4 Å². The van der Waals surface area contributed by atoms with Gasteiger partial charge in [-0.25, -0.2) is 12.8 Å². The highest BCUT2D eigenvalue weighted by molar-refractivity contribution is 7.92. The summed E-state index contributed by atoms with van der Waals surface area (Å²) in [5.74, 6) is -0.932. The summed E-state index contributed by atoms with van der Waals surface area (Å²) in [6.45, 7) is 9.66. The Morgan fingerprint density at radius 2 is 1.67 bits per heavy atom. The van der Waals surface area contributed by atoms with Gasteiger partial charge in [-0.2, -0.15) is 0 Å². The number of benzene rings is 2. The van der Waals surface area contributed by atoms with E-state index in [1.165, 1.54) is 21.3 Å². The van der Waals surface area contributed by atoms with Crippen molar-refractivity contribution in [1.82, 2.24) is 10.2 Å². The number of carbonyl (C=O) groups is 2. The Kier molecular flexibility index (Phi) is 10.5. The third kappa shape index (κ3) is 8.33. The molecule has 0 fully saturated rings. The summed E-state index contributed by atoms with van der Waals surface area (Å²) in [4.78, 5) is 27.6. The molecule has 36 heavy (non-hydrogen) atoms. The van der Waals surface area contributed by atoms with Crippen molar-refractivity contribution in [2.45, 2.75) is 72.5 Å². The standard InChI is InChI=1S/C27H38FN3O4S/c1-7-21(4)29-27(33)22(5)30(18-23-11-13-24(28)14-12-23)26(32)9-8-16-31(36(6,34)35)25-15-10-19(2)20(3)17-25/h10-15,17,21-22H,7-9,16,18H2,1-6H3,(H,29,33)/t21-,22+/m1/s1. The van der Waals surface area contributed by atoms with Crippen LogP contribution in [0.25, 0.3) is 0 Å². The topological polar surface area (TPSA) is 86.8 Å². The summed E-state index contributed by atoms with van der Waals surface area (Å²) in [7, 11) is -3.56. The first kappa shape index (κ1) is 29.3. The van der Waals surface area contributed by atoms with Crippen molar-refractivity contribution in [3.63, 3.8) is 0 Å². The fraction of sp³-hybridized carbons (Fsp3) is 0.481. The van der Waals surface area contributed by atoms with Crippen LogP contribution in [0.5, 0.6) is 0 Å². The van der Waals surface area contributed by atoms with Gasteiger partial charge >= 0.3 is 0 Å². The second kappa shape index (κ2) is 12.9. The van der Waals surface area contributed by atoms with E-state index in [2.05, 4.69) is 5.32 Å². The molecule has 0 bridgehead atoms. The van der Waals surface area contributed by atoms with E-state index in [4.69, 9.17) is 0 Å². The zero-order valence-corrected chi connectivity index (χ0v) is 22.9. The normalized spacial score (nSPS) is 13.1. The number of sulfonamides is 1. The molecule has 9 heteroatoms. The lowest BCUT2D eigenvalue weighted by Gasteiger charge is -2.30. The minimum atomic E-state index is -3.56. The van der Waals surface area contributed by atoms with Gasteiger partial charge in [-0.15, -0.1) is 0 Å². The van der Waals surface area contributed by atoms with Crippen molar-refractivity contribution in [2.24, 2.45) is 0 Å². The molecule has 2 amide bonds. The summed E-state index contributed by atoms with van der Waals surface area (Å²) in [6.07, 6.45) is 2.23. The molecule has 198 valence electrons. The first-order valence-corrected chi connectivity index (χ1v) is 14.1. The summed E-state index contributed by atoms with van der Waals surface area (Å²) < 4.78 is 39.6. The summed E-state index contributed by atoms with van der Waals surface area (Å²) in [6, 6.07) is 10.5. The van der Waals surface area contributed by atoms with E-state index in [1.54, 1.807) is 25.1 Å². The van der Waals surface area contributed by atoms with E-state index in [9.17, 15) is 22.4 Å². The van der Waals surface area contributed by atoms with E-state index in [-0.39, 0.29) is 49.6 Å². The van der Waals surface area contributed by atoms with Crippen molar-refractivity contribution in [3.8, 4) is 0 Å². The summed E-state index contributed by atoms with van der Waals surface area (Å²) in [5, 5.41) is 2.90. The van der Waals surface area contributed by atoms with E-state index in [1.807, 2.05) is 39.8 Å². The van der Waals surface area contributed by atoms with Gasteiger partial charge in [-0.1, -0.05) is 25.1 Å². The molecule has 0 saturated carbocycles. The molecule has 0 aliphatic heterocycles. The minimum Gasteiger partial charge on any atom is -0.352 e. The molecule has 1 N–H and O–H groups in total. The van der Waals surface area contributed by atoms with Crippen LogP contribution in [0.4, 0.5) is 10.1 Å². The molecule has 0 aliphatic rings. The zero-order valence-electron chi connectivity index (χ0n) is 22.0. The fourth-order valence-corrected chi connectivity index (χ4v) is 4.68. The zero-order chi connectivity index (χ0) is 27.0. The highest BCUT2D eigenvalue weighted by Crippen LogP contribution is 2.22. The van der Waals surface area contributed by atoms with Crippen molar-refractivity contribution in [1.29, 1.82) is 0 Å². The van der Waals surface area contributed by atoms with Gasteiger partial charge in [0.1, 0.15) is 11.9 Å². The number of amides is 2. The Bertz CT molecular complexity index is 1150. The van der Waals surface area contributed by atoms with Gasteiger partial charge in [0, 0.05) is 25.6 Å². The van der Waals surface area contributed by atoms with Crippen LogP contribution in [0.3, 0.4) is 0 Å². The second-order valence-corrected chi connectivity index (χ2v) is 11.3. The lowest BCUT2D eigenvalue weighted by Crippen LogP contribution is -2.49. The van der Waals surface area contributed by atoms with Crippen LogP contribution < -0.4 is 9.62 Å². The molecule has 2 aromatic rings. The number of hydrogen-bond acceptors (Lipinski definition) is 4. The number of anilines is 1. The largest absolute Gasteiger partial charge is 0.352 e. The molecule has 7 nitrogen and oxygen atoms in total. The van der Waals surface area contributed by atoms with E-state index >= 15 is 0 Å². The van der Waals surface area contributed by atoms with Gasteiger partial charge in [-0.3, -0.25) is 13.9 Å². The first-order valence-electron chi connectivity index (χ1n) is 12.2. The Hall–Kier alpha value is -2.94. The van der Waals surface area contributed by atoms with Crippen LogP contribution in [0, 0.1) is 19.7 Å². The maximum absolute atomic E-state index is 13.4. The van der Waals surface area contributed by atoms with Gasteiger partial charge in [0.15, 0.2) is 0 Å². The molecule has 0 heterocycles. The average Bonchev–Trinajstić information content (AvgIpc) is 2.81. The molecule has 2 aromatic carbocycles. The Morgan fingerprint density at radius 1 is 1.03 bits per heavy atom. The third-order valence-electron chi connectivity index (χ3n) is 6.37. The van der Waals surface area contributed by atoms with E-state index in [0.29, 0.717) is 11.3 Å². The first-order chi connectivity index (χ1) is 16.8. The fourth-order valence-electron chi connectivity index (χ4n) is 3.72. The number of aryl methyl sites for hydroxylation is 2. The van der Waals surface area contributed by atoms with Gasteiger partial charge in [-0.05, 0) is 81.5 Å². The van der Waals surface area contributed by atoms with Crippen LogP contribution >= 0.6 is 0 Å². The lowest BCUT2D eigenvalue weighted by atomic mass is 10.1. The quantitative estimate of drug-likeness (QED) is 0.453. The number of hydrogen-bond donors (Lipinski definition) is 1. The van der Waals surface area contributed by atoms with Crippen LogP contribution in [0.1, 0.15) is 56.7 Å². The van der Waals surface area contributed by atoms with Gasteiger partial charge in [0.25, 0.3) is 0 Å². The Labute approximate surface area is 214 Å². The number of nitrogens with one attached hydrogen (secondary N) is 1.